The van der Waals surface area contributed by atoms with E-state index in [4.69, 9.17) is 15.7 Å². The van der Waals surface area contributed by atoms with Crippen molar-refractivity contribution in [2.24, 2.45) is 5.90 Å². The molecule has 0 unspecified atom stereocenters. The Hall–Kier alpha value is -0.710. The Morgan fingerprint density at radius 2 is 1.93 bits per heavy atom. The molecule has 84 valence electrons. The zero-order valence-corrected chi connectivity index (χ0v) is 9.01. The third kappa shape index (κ3) is 4.11. The molecule has 0 radical (unpaired) electrons. The molecule has 1 aromatic rings. The molecule has 0 aromatic heterocycles. The highest BCUT2D eigenvalue weighted by Crippen LogP contribution is 2.43. The predicted molar refractivity (Wildman–Crippen MR) is 55.9 cm³/mol. The molecule has 5 nitrogen and oxygen atoms in total. The fourth-order valence-corrected chi connectivity index (χ4v) is 1.87. The smallest absolute Gasteiger partial charge is 0.323 e. The lowest BCUT2D eigenvalue weighted by atomic mass is 10.1. The maximum absolute atomic E-state index is 10.9. The van der Waals surface area contributed by atoms with Gasteiger partial charge in [-0.25, -0.2) is 5.90 Å². The monoisotopic (exact) mass is 231 g/mol. The standard InChI is InChI=1S/C9H14NO4P/c10-14-9(15(11,12)13)7-6-8-4-2-1-3-5-8/h1-5,9H,6-7,10H2,(H2,11,12,13)/t9-/m0/s1. The molecule has 1 aromatic carbocycles. The summed E-state index contributed by atoms with van der Waals surface area (Å²) in [6.07, 6.45) is 0.721. The van der Waals surface area contributed by atoms with Crippen LogP contribution in [0.3, 0.4) is 0 Å². The van der Waals surface area contributed by atoms with Crippen LogP contribution in [0.15, 0.2) is 30.3 Å². The lowest BCUT2D eigenvalue weighted by molar-refractivity contribution is 0.0816. The van der Waals surface area contributed by atoms with Crippen molar-refractivity contribution in [1.29, 1.82) is 0 Å². The topological polar surface area (TPSA) is 92.8 Å². The van der Waals surface area contributed by atoms with Crippen molar-refractivity contribution in [3.8, 4) is 0 Å². The van der Waals surface area contributed by atoms with Gasteiger partial charge < -0.3 is 9.79 Å². The summed E-state index contributed by atoms with van der Waals surface area (Å²) in [5, 5.41) is 0. The predicted octanol–water partition coefficient (Wildman–Crippen LogP) is 1.01. The first-order valence-electron chi connectivity index (χ1n) is 4.48. The third-order valence-corrected chi connectivity index (χ3v) is 3.19. The van der Waals surface area contributed by atoms with Gasteiger partial charge in [-0.3, -0.25) is 9.40 Å². The summed E-state index contributed by atoms with van der Waals surface area (Å²) < 4.78 is 10.9. The summed E-state index contributed by atoms with van der Waals surface area (Å²) >= 11 is 0. The molecule has 6 heteroatoms. The Labute approximate surface area is 88.0 Å². The zero-order chi connectivity index (χ0) is 11.3. The summed E-state index contributed by atoms with van der Waals surface area (Å²) in [5.41, 5.74) is 0.994. The van der Waals surface area contributed by atoms with Crippen molar-refractivity contribution in [3.63, 3.8) is 0 Å². The molecule has 0 aliphatic carbocycles. The van der Waals surface area contributed by atoms with Gasteiger partial charge in [-0.05, 0) is 18.4 Å². The highest BCUT2D eigenvalue weighted by Gasteiger charge is 2.28. The molecule has 0 aliphatic heterocycles. The first kappa shape index (κ1) is 12.4. The number of hydrogen-bond acceptors (Lipinski definition) is 3. The van der Waals surface area contributed by atoms with Gasteiger partial charge in [0.1, 0.15) is 0 Å². The molecule has 15 heavy (non-hydrogen) atoms. The minimum atomic E-state index is -4.26. The molecule has 0 aliphatic rings. The first-order chi connectivity index (χ1) is 7.04. The van der Waals surface area contributed by atoms with E-state index in [1.807, 2.05) is 30.3 Å². The van der Waals surface area contributed by atoms with E-state index in [1.54, 1.807) is 0 Å². The second kappa shape index (κ2) is 5.39. The normalized spacial score (nSPS) is 13.8. The van der Waals surface area contributed by atoms with Gasteiger partial charge in [-0.2, -0.15) is 0 Å². The fraction of sp³-hybridized carbons (Fsp3) is 0.333. The van der Waals surface area contributed by atoms with Crippen molar-refractivity contribution in [1.82, 2.24) is 0 Å². The number of rotatable bonds is 5. The van der Waals surface area contributed by atoms with Crippen LogP contribution in [0.2, 0.25) is 0 Å². The molecule has 0 fully saturated rings. The average Bonchev–Trinajstić information content (AvgIpc) is 2.18. The van der Waals surface area contributed by atoms with E-state index in [0.29, 0.717) is 6.42 Å². The van der Waals surface area contributed by atoms with Crippen molar-refractivity contribution in [3.05, 3.63) is 35.9 Å². The Bertz CT molecular complexity index is 337. The van der Waals surface area contributed by atoms with Gasteiger partial charge in [0.05, 0.1) is 0 Å². The van der Waals surface area contributed by atoms with Crippen molar-refractivity contribution >= 4 is 7.60 Å². The van der Waals surface area contributed by atoms with Gasteiger partial charge in [0, 0.05) is 0 Å². The number of nitrogens with two attached hydrogens (primary N) is 1. The molecule has 0 heterocycles. The number of aryl methyl sites for hydroxylation is 1. The van der Waals surface area contributed by atoms with Crippen LogP contribution in [-0.2, 0) is 15.8 Å². The third-order valence-electron chi connectivity index (χ3n) is 2.06. The quantitative estimate of drug-likeness (QED) is 0.519. The summed E-state index contributed by atoms with van der Waals surface area (Å²) in [4.78, 5) is 22.0. The van der Waals surface area contributed by atoms with Gasteiger partial charge in [0.2, 0.25) is 0 Å². The van der Waals surface area contributed by atoms with E-state index in [2.05, 4.69) is 4.84 Å². The van der Waals surface area contributed by atoms with E-state index < -0.39 is 13.4 Å². The van der Waals surface area contributed by atoms with Gasteiger partial charge >= 0.3 is 7.60 Å². The fourth-order valence-electron chi connectivity index (χ4n) is 1.25. The average molecular weight is 231 g/mol. The largest absolute Gasteiger partial charge is 0.356 e. The Balaban J connectivity index is 2.53. The van der Waals surface area contributed by atoms with Crippen LogP contribution in [0.25, 0.3) is 0 Å². The molecule has 1 rings (SSSR count). The maximum atomic E-state index is 10.9. The van der Waals surface area contributed by atoms with E-state index in [1.165, 1.54) is 0 Å². The first-order valence-corrected chi connectivity index (χ1v) is 6.17. The molecular formula is C9H14NO4P. The van der Waals surface area contributed by atoms with Crippen LogP contribution in [0, 0.1) is 0 Å². The van der Waals surface area contributed by atoms with E-state index in [9.17, 15) is 4.57 Å². The SMILES string of the molecule is NO[C@H](CCc1ccccc1)P(=O)(O)O. The molecule has 0 saturated heterocycles. The molecule has 0 amide bonds. The molecule has 4 N–H and O–H groups in total. The van der Waals surface area contributed by atoms with Gasteiger partial charge in [-0.1, -0.05) is 30.3 Å². The molecule has 1 atom stereocenters. The van der Waals surface area contributed by atoms with Crippen LogP contribution < -0.4 is 5.90 Å². The van der Waals surface area contributed by atoms with E-state index >= 15 is 0 Å². The maximum Gasteiger partial charge on any atom is 0.356 e. The highest BCUT2D eigenvalue weighted by molar-refractivity contribution is 7.52. The van der Waals surface area contributed by atoms with Crippen molar-refractivity contribution < 1.29 is 19.2 Å². The van der Waals surface area contributed by atoms with Crippen LogP contribution >= 0.6 is 7.60 Å². The minimum Gasteiger partial charge on any atom is -0.323 e. The Kier molecular flexibility index (Phi) is 4.45. The Morgan fingerprint density at radius 3 is 2.40 bits per heavy atom. The molecule has 0 saturated carbocycles. The lowest BCUT2D eigenvalue weighted by Crippen LogP contribution is -2.18. The number of hydrogen-bond donors (Lipinski definition) is 3. The number of benzene rings is 1. The molecular weight excluding hydrogens is 217 g/mol. The van der Waals surface area contributed by atoms with Crippen molar-refractivity contribution in [2.45, 2.75) is 18.7 Å². The molecule has 0 spiro atoms. The van der Waals surface area contributed by atoms with Crippen LogP contribution in [-0.4, -0.2) is 15.6 Å². The van der Waals surface area contributed by atoms with Gasteiger partial charge in [-0.15, -0.1) is 0 Å². The minimum absolute atomic E-state index is 0.199. The van der Waals surface area contributed by atoms with Crippen LogP contribution in [0.4, 0.5) is 0 Å². The Morgan fingerprint density at radius 1 is 1.33 bits per heavy atom. The van der Waals surface area contributed by atoms with Gasteiger partial charge in [0.25, 0.3) is 0 Å². The summed E-state index contributed by atoms with van der Waals surface area (Å²) in [5.74, 6) is 3.61. The summed E-state index contributed by atoms with van der Waals surface area (Å²) in [6.45, 7) is 0. The summed E-state index contributed by atoms with van der Waals surface area (Å²) in [6, 6.07) is 9.38. The second-order valence-corrected chi connectivity index (χ2v) is 4.96. The highest BCUT2D eigenvalue weighted by atomic mass is 31.2. The van der Waals surface area contributed by atoms with Crippen LogP contribution in [0.5, 0.6) is 0 Å². The zero-order valence-electron chi connectivity index (χ0n) is 8.11. The van der Waals surface area contributed by atoms with E-state index in [0.717, 1.165) is 5.56 Å². The summed E-state index contributed by atoms with van der Waals surface area (Å²) in [7, 11) is -4.26. The second-order valence-electron chi connectivity index (χ2n) is 3.20. The van der Waals surface area contributed by atoms with Crippen molar-refractivity contribution in [2.75, 3.05) is 0 Å². The van der Waals surface area contributed by atoms with Crippen LogP contribution in [0.1, 0.15) is 12.0 Å². The lowest BCUT2D eigenvalue weighted by Gasteiger charge is -2.15. The van der Waals surface area contributed by atoms with E-state index in [-0.39, 0.29) is 6.42 Å². The van der Waals surface area contributed by atoms with Gasteiger partial charge in [0.15, 0.2) is 5.85 Å². The molecule has 0 bridgehead atoms.